The van der Waals surface area contributed by atoms with E-state index in [4.69, 9.17) is 10.5 Å². The second-order valence-corrected chi connectivity index (χ2v) is 7.44. The normalized spacial score (nSPS) is 18.2. The minimum Gasteiger partial charge on any atom is -0.490 e. The van der Waals surface area contributed by atoms with Gasteiger partial charge in [-0.15, -0.1) is 11.3 Å². The molecule has 3 rings (SSSR count). The molecule has 1 aliphatic heterocycles. The van der Waals surface area contributed by atoms with E-state index in [9.17, 15) is 4.79 Å². The van der Waals surface area contributed by atoms with E-state index in [1.165, 1.54) is 11.3 Å². The topological polar surface area (TPSA) is 80.5 Å². The number of hydrogen-bond donors (Lipinski definition) is 2. The molecule has 24 heavy (non-hydrogen) atoms. The summed E-state index contributed by atoms with van der Waals surface area (Å²) in [6, 6.07) is 1.94. The lowest BCUT2D eigenvalue weighted by Gasteiger charge is -2.23. The van der Waals surface area contributed by atoms with Crippen LogP contribution in [0.2, 0.25) is 0 Å². The molecular weight excluding hydrogens is 324 g/mol. The van der Waals surface area contributed by atoms with Gasteiger partial charge in [-0.3, -0.25) is 9.78 Å². The van der Waals surface area contributed by atoms with Crippen molar-refractivity contribution in [3.8, 4) is 5.75 Å². The molecule has 1 aliphatic rings. The zero-order chi connectivity index (χ0) is 17.1. The Bertz CT molecular complexity index is 723. The van der Waals surface area contributed by atoms with Crippen LogP contribution in [0, 0.1) is 0 Å². The largest absolute Gasteiger partial charge is 0.490 e. The number of hydrogen-bond acceptors (Lipinski definition) is 6. The molecular formula is C17H24N4O2S. The van der Waals surface area contributed by atoms with Crippen LogP contribution < -0.4 is 15.8 Å². The predicted molar refractivity (Wildman–Crippen MR) is 97.0 cm³/mol. The van der Waals surface area contributed by atoms with Gasteiger partial charge in [0.25, 0.3) is 5.91 Å². The van der Waals surface area contributed by atoms with Gasteiger partial charge in [-0.2, -0.15) is 0 Å². The maximum Gasteiger partial charge on any atom is 0.262 e. The smallest absolute Gasteiger partial charge is 0.262 e. The van der Waals surface area contributed by atoms with Crippen molar-refractivity contribution in [2.24, 2.45) is 5.73 Å². The van der Waals surface area contributed by atoms with Gasteiger partial charge in [0.15, 0.2) is 5.75 Å². The Hall–Kier alpha value is -1.70. The molecule has 1 amide bonds. The predicted octanol–water partition coefficient (Wildman–Crippen LogP) is 1.80. The Labute approximate surface area is 146 Å². The van der Waals surface area contributed by atoms with E-state index in [1.807, 2.05) is 31.3 Å². The number of nitrogens with two attached hydrogens (primary N) is 1. The summed E-state index contributed by atoms with van der Waals surface area (Å²) >= 11 is 1.40. The second-order valence-electron chi connectivity index (χ2n) is 6.39. The van der Waals surface area contributed by atoms with Gasteiger partial charge in [-0.1, -0.05) is 0 Å². The maximum atomic E-state index is 11.9. The van der Waals surface area contributed by atoms with Gasteiger partial charge < -0.3 is 20.7 Å². The third-order valence-corrected chi connectivity index (χ3v) is 5.43. The molecule has 1 atom stereocenters. The molecule has 3 heterocycles. The lowest BCUT2D eigenvalue weighted by Crippen LogP contribution is -2.29. The van der Waals surface area contributed by atoms with Crippen LogP contribution in [0.3, 0.4) is 0 Å². The highest BCUT2D eigenvalue weighted by Gasteiger charge is 2.25. The highest BCUT2D eigenvalue weighted by Crippen LogP contribution is 2.42. The zero-order valence-electron chi connectivity index (χ0n) is 14.2. The van der Waals surface area contributed by atoms with Crippen LogP contribution in [0.4, 0.5) is 0 Å². The van der Waals surface area contributed by atoms with E-state index in [-0.39, 0.29) is 0 Å². The molecule has 7 heteroatoms. The minimum absolute atomic E-state index is 0.342. The van der Waals surface area contributed by atoms with Crippen molar-refractivity contribution in [2.45, 2.75) is 18.8 Å². The summed E-state index contributed by atoms with van der Waals surface area (Å²) in [5.41, 5.74) is 6.60. The minimum atomic E-state index is -0.441. The van der Waals surface area contributed by atoms with Crippen molar-refractivity contribution in [3.63, 3.8) is 0 Å². The molecule has 0 aliphatic carbocycles. The molecule has 0 saturated carbocycles. The van der Waals surface area contributed by atoms with E-state index < -0.39 is 5.91 Å². The number of carbonyl (C=O) groups is 1. The number of carbonyl (C=O) groups excluding carboxylic acids is 1. The number of likely N-dealkylation sites (N-methyl/N-ethyl adjacent to an activating group) is 1. The number of nitrogens with zero attached hydrogens (tertiary/aromatic N) is 2. The number of piperidine rings is 1. The fourth-order valence-electron chi connectivity index (χ4n) is 3.07. The highest BCUT2D eigenvalue weighted by molar-refractivity contribution is 7.21. The lowest BCUT2D eigenvalue weighted by atomic mass is 9.93. The van der Waals surface area contributed by atoms with Crippen LogP contribution in [-0.4, -0.2) is 56.1 Å². The first-order chi connectivity index (χ1) is 11.6. The summed E-state index contributed by atoms with van der Waals surface area (Å²) in [5, 5.41) is 4.39. The molecule has 3 N–H and O–H groups in total. The van der Waals surface area contributed by atoms with Crippen molar-refractivity contribution in [1.82, 2.24) is 15.2 Å². The van der Waals surface area contributed by atoms with Gasteiger partial charge in [0.2, 0.25) is 0 Å². The molecule has 0 bridgehead atoms. The van der Waals surface area contributed by atoms with E-state index in [0.717, 1.165) is 48.3 Å². The van der Waals surface area contributed by atoms with Gasteiger partial charge >= 0.3 is 0 Å². The first-order valence-corrected chi connectivity index (χ1v) is 9.09. The highest BCUT2D eigenvalue weighted by atomic mass is 32.1. The molecule has 0 radical (unpaired) electrons. The number of rotatable bonds is 6. The number of amides is 1. The number of pyridine rings is 1. The molecule has 0 spiro atoms. The van der Waals surface area contributed by atoms with E-state index in [0.29, 0.717) is 23.2 Å². The SMILES string of the molecule is CN(C)CCOc1c(C(N)=O)sc2ccnc(C3CCCNC3)c12. The summed E-state index contributed by atoms with van der Waals surface area (Å²) < 4.78 is 7.01. The van der Waals surface area contributed by atoms with Crippen LogP contribution >= 0.6 is 11.3 Å². The van der Waals surface area contributed by atoms with Crippen LogP contribution in [0.15, 0.2) is 12.3 Å². The Morgan fingerprint density at radius 3 is 3.04 bits per heavy atom. The average Bonchev–Trinajstić information content (AvgIpc) is 2.94. The van der Waals surface area contributed by atoms with E-state index >= 15 is 0 Å². The Balaban J connectivity index is 2.03. The van der Waals surface area contributed by atoms with Crippen LogP contribution in [-0.2, 0) is 0 Å². The zero-order valence-corrected chi connectivity index (χ0v) is 15.0. The average molecular weight is 348 g/mol. The first kappa shape index (κ1) is 17.1. The molecule has 2 aromatic heterocycles. The molecule has 2 aromatic rings. The van der Waals surface area contributed by atoms with Gasteiger partial charge in [0.05, 0.1) is 11.1 Å². The van der Waals surface area contributed by atoms with E-state index in [1.54, 1.807) is 0 Å². The van der Waals surface area contributed by atoms with Crippen molar-refractivity contribution < 1.29 is 9.53 Å². The first-order valence-electron chi connectivity index (χ1n) is 8.27. The van der Waals surface area contributed by atoms with Crippen molar-refractivity contribution in [3.05, 3.63) is 22.8 Å². The number of primary amides is 1. The lowest BCUT2D eigenvalue weighted by molar-refractivity contribution is 0.100. The van der Waals surface area contributed by atoms with Gasteiger partial charge in [-0.25, -0.2) is 0 Å². The standard InChI is InChI=1S/C17H24N4O2S/c1-21(2)8-9-23-15-13-12(24-16(15)17(18)22)5-7-20-14(13)11-4-3-6-19-10-11/h5,7,11,19H,3-4,6,8-10H2,1-2H3,(H2,18,22). The quantitative estimate of drug-likeness (QED) is 0.832. The summed E-state index contributed by atoms with van der Waals surface area (Å²) in [5.74, 6) is 0.510. The fourth-order valence-corrected chi connectivity index (χ4v) is 4.07. The number of thiophene rings is 1. The van der Waals surface area contributed by atoms with Gasteiger partial charge in [-0.05, 0) is 39.5 Å². The van der Waals surface area contributed by atoms with Gasteiger partial charge in [0, 0.05) is 29.9 Å². The molecule has 0 aromatic carbocycles. The summed E-state index contributed by atoms with van der Waals surface area (Å²) in [4.78, 5) is 19.0. The van der Waals surface area contributed by atoms with Crippen LogP contribution in [0.25, 0.3) is 10.1 Å². The maximum absolute atomic E-state index is 11.9. The second kappa shape index (κ2) is 7.46. The molecule has 6 nitrogen and oxygen atoms in total. The van der Waals surface area contributed by atoms with Crippen LogP contribution in [0.5, 0.6) is 5.75 Å². The number of fused-ring (bicyclic) bond motifs is 1. The van der Waals surface area contributed by atoms with Gasteiger partial charge in [0.1, 0.15) is 11.5 Å². The van der Waals surface area contributed by atoms with Crippen LogP contribution in [0.1, 0.15) is 34.1 Å². The molecule has 1 saturated heterocycles. The Kier molecular flexibility index (Phi) is 5.33. The third-order valence-electron chi connectivity index (χ3n) is 4.28. The van der Waals surface area contributed by atoms with Crippen molar-refractivity contribution in [1.29, 1.82) is 0 Å². The third kappa shape index (κ3) is 3.53. The molecule has 130 valence electrons. The monoisotopic (exact) mass is 348 g/mol. The number of ether oxygens (including phenoxy) is 1. The Morgan fingerprint density at radius 1 is 1.54 bits per heavy atom. The molecule has 1 unspecified atom stereocenters. The number of nitrogens with one attached hydrogen (secondary N) is 1. The molecule has 1 fully saturated rings. The summed E-state index contributed by atoms with van der Waals surface area (Å²) in [6.45, 7) is 3.24. The fraction of sp³-hybridized carbons (Fsp3) is 0.529. The van der Waals surface area contributed by atoms with E-state index in [2.05, 4.69) is 10.3 Å². The number of aromatic nitrogens is 1. The van der Waals surface area contributed by atoms with Crippen molar-refractivity contribution >= 4 is 27.3 Å². The summed E-state index contributed by atoms with van der Waals surface area (Å²) in [6.07, 6.45) is 4.04. The summed E-state index contributed by atoms with van der Waals surface area (Å²) in [7, 11) is 3.98. The van der Waals surface area contributed by atoms with Crippen molar-refractivity contribution in [2.75, 3.05) is 40.3 Å². The Morgan fingerprint density at radius 2 is 2.38 bits per heavy atom.